The summed E-state index contributed by atoms with van der Waals surface area (Å²) in [5.74, 6) is 0.301. The molecule has 5 nitrogen and oxygen atoms in total. The molecule has 0 saturated carbocycles. The predicted molar refractivity (Wildman–Crippen MR) is 116 cm³/mol. The second-order valence-corrected chi connectivity index (χ2v) is 10.8. The molecule has 0 radical (unpaired) electrons. The van der Waals surface area contributed by atoms with Crippen molar-refractivity contribution in [1.82, 2.24) is 0 Å². The van der Waals surface area contributed by atoms with Crippen molar-refractivity contribution in [2.45, 2.75) is 57.2 Å². The van der Waals surface area contributed by atoms with Gasteiger partial charge in [-0.05, 0) is 50.0 Å². The summed E-state index contributed by atoms with van der Waals surface area (Å²) in [4.78, 5) is 0. The zero-order chi connectivity index (χ0) is 20.5. The third-order valence-corrected chi connectivity index (χ3v) is 7.95. The lowest BCUT2D eigenvalue weighted by Crippen LogP contribution is -2.41. The van der Waals surface area contributed by atoms with Crippen LogP contribution in [0.2, 0.25) is 6.32 Å². The minimum atomic E-state index is -3.25. The Kier molecular flexibility index (Phi) is 6.74. The van der Waals surface area contributed by atoms with Crippen LogP contribution in [0.1, 0.15) is 45.1 Å². The molecule has 0 aromatic heterocycles. The summed E-state index contributed by atoms with van der Waals surface area (Å²) in [5, 5.41) is 19.5. The molecule has 0 aliphatic carbocycles. The average Bonchev–Trinajstić information content (AvgIpc) is 2.87. The maximum Gasteiger partial charge on any atom is 0.456 e. The van der Waals surface area contributed by atoms with Crippen LogP contribution < -0.4 is 0 Å². The van der Waals surface area contributed by atoms with Crippen molar-refractivity contribution in [3.05, 3.63) is 45.0 Å². The second kappa shape index (κ2) is 8.73. The Labute approximate surface area is 175 Å². The fourth-order valence-electron chi connectivity index (χ4n) is 4.14. The summed E-state index contributed by atoms with van der Waals surface area (Å²) < 4.78 is 31.8. The number of halogens is 1. The molecule has 2 N–H and O–H groups in total. The number of aromatic hydroxyl groups is 1. The lowest BCUT2D eigenvalue weighted by atomic mass is 9.74. The molecule has 2 aliphatic heterocycles. The number of phenols is 1. The summed E-state index contributed by atoms with van der Waals surface area (Å²) in [6.07, 6.45) is 4.58. The number of benzene rings is 1. The number of sulfone groups is 1. The molecule has 0 amide bonds. The zero-order valence-electron chi connectivity index (χ0n) is 16.2. The van der Waals surface area contributed by atoms with Gasteiger partial charge in [0.2, 0.25) is 0 Å². The van der Waals surface area contributed by atoms with E-state index in [1.807, 2.05) is 26.0 Å². The Bertz CT molecular complexity index is 909. The van der Waals surface area contributed by atoms with Gasteiger partial charge in [0, 0.05) is 16.4 Å². The normalized spacial score (nSPS) is 24.6. The molecule has 3 rings (SSSR count). The number of allylic oxidation sites excluding steroid dienone is 1. The third kappa shape index (κ3) is 4.73. The van der Waals surface area contributed by atoms with Gasteiger partial charge < -0.3 is 14.8 Å². The van der Waals surface area contributed by atoms with E-state index >= 15 is 0 Å². The Hall–Kier alpha value is -1.09. The Morgan fingerprint density at radius 2 is 2.18 bits per heavy atom. The van der Waals surface area contributed by atoms with Crippen molar-refractivity contribution in [3.8, 4) is 5.75 Å². The molecular formula is C20H26BBrO5S. The van der Waals surface area contributed by atoms with Gasteiger partial charge in [-0.1, -0.05) is 46.5 Å². The van der Waals surface area contributed by atoms with Crippen LogP contribution in [0.4, 0.5) is 0 Å². The maximum atomic E-state index is 12.6. The standard InChI is InChI=1S/C20H26BBrO5S/c1-3-4-14-12-28(25,26)19-11-21(24)27-18(20(14)19)8-5-13(2)9-15-10-16(22)6-7-17(15)23/h6-7,9-10,18-19,23-24H,3-5,8,11-12H2,1-2H3/b13-9+/t18-,19+/m1/s1. The Balaban J connectivity index is 1.79. The molecule has 2 aliphatic rings. The van der Waals surface area contributed by atoms with Crippen molar-refractivity contribution in [1.29, 1.82) is 0 Å². The lowest BCUT2D eigenvalue weighted by molar-refractivity contribution is 0.169. The number of phenolic OH excluding ortho intramolecular Hbond substituents is 1. The minimum Gasteiger partial charge on any atom is -0.507 e. The fourth-order valence-corrected chi connectivity index (χ4v) is 6.68. The first kappa shape index (κ1) is 21.6. The van der Waals surface area contributed by atoms with Crippen molar-refractivity contribution < 1.29 is 23.2 Å². The van der Waals surface area contributed by atoms with Crippen LogP contribution >= 0.6 is 15.9 Å². The van der Waals surface area contributed by atoms with Crippen molar-refractivity contribution in [2.24, 2.45) is 0 Å². The maximum absolute atomic E-state index is 12.6. The predicted octanol–water partition coefficient (Wildman–Crippen LogP) is 4.11. The lowest BCUT2D eigenvalue weighted by Gasteiger charge is -2.32. The number of fused-ring (bicyclic) bond motifs is 1. The highest BCUT2D eigenvalue weighted by molar-refractivity contribution is 9.10. The van der Waals surface area contributed by atoms with Crippen molar-refractivity contribution >= 4 is 39.0 Å². The molecule has 2 heterocycles. The molecule has 0 bridgehead atoms. The van der Waals surface area contributed by atoms with Gasteiger partial charge in [0.15, 0.2) is 9.84 Å². The number of hydrogen-bond donors (Lipinski definition) is 2. The van der Waals surface area contributed by atoms with E-state index in [1.165, 1.54) is 0 Å². The molecule has 0 spiro atoms. The van der Waals surface area contributed by atoms with E-state index in [9.17, 15) is 18.5 Å². The minimum absolute atomic E-state index is 0.0914. The van der Waals surface area contributed by atoms with Crippen LogP contribution in [-0.4, -0.2) is 42.8 Å². The molecule has 1 aromatic carbocycles. The van der Waals surface area contributed by atoms with Crippen LogP contribution in [0.5, 0.6) is 5.75 Å². The van der Waals surface area contributed by atoms with Crippen LogP contribution in [0.25, 0.3) is 6.08 Å². The largest absolute Gasteiger partial charge is 0.507 e. The summed E-state index contributed by atoms with van der Waals surface area (Å²) in [7, 11) is -4.30. The summed E-state index contributed by atoms with van der Waals surface area (Å²) >= 11 is 3.41. The molecule has 1 saturated heterocycles. The molecule has 28 heavy (non-hydrogen) atoms. The molecule has 1 fully saturated rings. The monoisotopic (exact) mass is 468 g/mol. The quantitative estimate of drug-likeness (QED) is 0.484. The van der Waals surface area contributed by atoms with Crippen LogP contribution in [0.3, 0.4) is 0 Å². The molecule has 8 heteroatoms. The van der Waals surface area contributed by atoms with E-state index in [0.29, 0.717) is 12.8 Å². The topological polar surface area (TPSA) is 83.8 Å². The average molecular weight is 469 g/mol. The van der Waals surface area contributed by atoms with E-state index in [1.54, 1.807) is 12.1 Å². The summed E-state index contributed by atoms with van der Waals surface area (Å²) in [6.45, 7) is 4.02. The highest BCUT2D eigenvalue weighted by Gasteiger charge is 2.48. The molecular weight excluding hydrogens is 443 g/mol. The molecule has 1 aromatic rings. The molecule has 0 unspecified atom stereocenters. The van der Waals surface area contributed by atoms with Crippen molar-refractivity contribution in [2.75, 3.05) is 5.75 Å². The zero-order valence-corrected chi connectivity index (χ0v) is 18.6. The Morgan fingerprint density at radius 3 is 2.89 bits per heavy atom. The van der Waals surface area contributed by atoms with Gasteiger partial charge in [-0.25, -0.2) is 8.42 Å². The van der Waals surface area contributed by atoms with Gasteiger partial charge in [-0.3, -0.25) is 0 Å². The first-order valence-corrected chi connectivity index (χ1v) is 12.1. The van der Waals surface area contributed by atoms with E-state index < -0.39 is 22.2 Å². The number of rotatable bonds is 6. The first-order chi connectivity index (χ1) is 13.2. The van der Waals surface area contributed by atoms with Crippen LogP contribution in [0.15, 0.2) is 39.4 Å². The molecule has 152 valence electrons. The van der Waals surface area contributed by atoms with E-state index in [-0.39, 0.29) is 23.9 Å². The van der Waals surface area contributed by atoms with Gasteiger partial charge in [-0.2, -0.15) is 0 Å². The SMILES string of the molecule is CCCC1=C2[C@@H](CC/C(C)=C/c3cc(Br)ccc3O)OB(O)C[C@@H]2S(=O)(=O)C1. The van der Waals surface area contributed by atoms with Gasteiger partial charge >= 0.3 is 7.12 Å². The van der Waals surface area contributed by atoms with E-state index in [0.717, 1.165) is 39.6 Å². The summed E-state index contributed by atoms with van der Waals surface area (Å²) in [5.41, 5.74) is 3.62. The van der Waals surface area contributed by atoms with E-state index in [2.05, 4.69) is 15.9 Å². The van der Waals surface area contributed by atoms with Gasteiger partial charge in [-0.15, -0.1) is 0 Å². The number of hydrogen-bond acceptors (Lipinski definition) is 5. The van der Waals surface area contributed by atoms with Crippen molar-refractivity contribution in [3.63, 3.8) is 0 Å². The van der Waals surface area contributed by atoms with Gasteiger partial charge in [0.1, 0.15) is 5.75 Å². The van der Waals surface area contributed by atoms with Gasteiger partial charge in [0.05, 0.1) is 17.1 Å². The molecule has 2 atom stereocenters. The van der Waals surface area contributed by atoms with Gasteiger partial charge in [0.25, 0.3) is 0 Å². The second-order valence-electron chi connectivity index (χ2n) is 7.65. The van der Waals surface area contributed by atoms with Crippen LogP contribution in [0, 0.1) is 0 Å². The Morgan fingerprint density at radius 1 is 1.43 bits per heavy atom. The van der Waals surface area contributed by atoms with E-state index in [4.69, 9.17) is 4.65 Å². The fraction of sp³-hybridized carbons (Fsp3) is 0.500. The van der Waals surface area contributed by atoms with Crippen LogP contribution in [-0.2, 0) is 14.5 Å². The third-order valence-electron chi connectivity index (χ3n) is 5.39. The smallest absolute Gasteiger partial charge is 0.456 e. The highest BCUT2D eigenvalue weighted by Crippen LogP contribution is 2.41. The first-order valence-electron chi connectivity index (χ1n) is 9.64. The summed E-state index contributed by atoms with van der Waals surface area (Å²) in [6, 6.07) is 5.27. The highest BCUT2D eigenvalue weighted by atomic mass is 79.9.